The molecule has 0 radical (unpaired) electrons. The van der Waals surface area contributed by atoms with E-state index < -0.39 is 0 Å². The number of hydrogen-bond donors (Lipinski definition) is 0. The Morgan fingerprint density at radius 1 is 1.32 bits per heavy atom. The maximum Gasteiger partial charge on any atom is 0.288 e. The monoisotopic (exact) mass is 367 g/mol. The third-order valence-corrected chi connectivity index (χ3v) is 6.84. The van der Waals surface area contributed by atoms with Crippen molar-refractivity contribution < 1.29 is 9.30 Å². The molecule has 5 heteroatoms. The van der Waals surface area contributed by atoms with Gasteiger partial charge in [-0.3, -0.25) is 0 Å². The minimum absolute atomic E-state index is 0.591. The summed E-state index contributed by atoms with van der Waals surface area (Å²) in [6, 6.07) is 4.41. The first-order chi connectivity index (χ1) is 12.0. The van der Waals surface area contributed by atoms with Gasteiger partial charge < -0.3 is 4.74 Å². The van der Waals surface area contributed by atoms with E-state index in [0.717, 1.165) is 22.8 Å². The molecule has 5 rings (SSSR count). The highest BCUT2D eigenvalue weighted by molar-refractivity contribution is 7.19. The Labute approximate surface area is 154 Å². The molecule has 0 unspecified atom stereocenters. The predicted octanol–water partition coefficient (Wildman–Crippen LogP) is 5.62. The maximum atomic E-state index is 6.50. The van der Waals surface area contributed by atoms with Crippen LogP contribution in [0.4, 0.5) is 0 Å². The summed E-state index contributed by atoms with van der Waals surface area (Å²) < 4.78 is 9.93. The van der Waals surface area contributed by atoms with Gasteiger partial charge in [0, 0.05) is 4.70 Å². The van der Waals surface area contributed by atoms with Crippen LogP contribution in [0.25, 0.3) is 31.6 Å². The summed E-state index contributed by atoms with van der Waals surface area (Å²) in [5, 5.41) is 4.65. The molecule has 25 heavy (non-hydrogen) atoms. The number of nitrogens with zero attached hydrogens (tertiary/aromatic N) is 2. The van der Waals surface area contributed by atoms with Crippen molar-refractivity contribution in [3.63, 3.8) is 0 Å². The Kier molecular flexibility index (Phi) is 3.21. The minimum atomic E-state index is 0.591. The lowest BCUT2D eigenvalue weighted by molar-refractivity contribution is -0.662. The second-order valence-corrected chi connectivity index (χ2v) is 9.18. The van der Waals surface area contributed by atoms with Gasteiger partial charge in [-0.2, -0.15) is 0 Å². The summed E-state index contributed by atoms with van der Waals surface area (Å²) in [5.74, 6) is 2.59. The first kappa shape index (κ1) is 15.3. The fraction of sp³-hybridized carbons (Fsp3) is 0.300. The molecule has 4 aromatic rings. The molecule has 3 aromatic heterocycles. The SMILES string of the molecule is Cc1c2c(cc3sccc13)Oc1c(CC(C)C)sc3nc[n+](C)c-2c13. The van der Waals surface area contributed by atoms with E-state index in [1.54, 1.807) is 22.7 Å². The van der Waals surface area contributed by atoms with E-state index in [4.69, 9.17) is 4.74 Å². The van der Waals surface area contributed by atoms with Gasteiger partial charge in [0.05, 0.1) is 17.5 Å². The quantitative estimate of drug-likeness (QED) is 0.379. The van der Waals surface area contributed by atoms with Crippen molar-refractivity contribution in [2.45, 2.75) is 27.2 Å². The average Bonchev–Trinajstić information content (AvgIpc) is 3.16. The molecule has 1 aromatic carbocycles. The number of benzene rings is 1. The molecule has 0 amide bonds. The molecule has 0 bridgehead atoms. The molecule has 1 aliphatic heterocycles. The second-order valence-electron chi connectivity index (χ2n) is 7.15. The number of aryl methyl sites for hydroxylation is 2. The van der Waals surface area contributed by atoms with Gasteiger partial charge in [-0.25, -0.2) is 4.57 Å². The highest BCUT2D eigenvalue weighted by Crippen LogP contribution is 2.52. The van der Waals surface area contributed by atoms with Crippen LogP contribution in [0.2, 0.25) is 0 Å². The van der Waals surface area contributed by atoms with E-state index in [2.05, 4.69) is 54.9 Å². The third-order valence-electron chi connectivity index (χ3n) is 4.88. The molecule has 4 heterocycles. The molecule has 0 saturated heterocycles. The average molecular weight is 368 g/mol. The molecule has 3 nitrogen and oxygen atoms in total. The van der Waals surface area contributed by atoms with Crippen molar-refractivity contribution in [3.05, 3.63) is 34.3 Å². The van der Waals surface area contributed by atoms with Crippen molar-refractivity contribution in [2.24, 2.45) is 13.0 Å². The molecular weight excluding hydrogens is 348 g/mol. The van der Waals surface area contributed by atoms with Gasteiger partial charge in [-0.05, 0) is 52.7 Å². The fourth-order valence-electron chi connectivity index (χ4n) is 3.78. The standard InChI is InChI=1S/C20H19N2OS2/c1-10(2)7-15-19-17-18(22(4)9-21-20(17)25-15)16-11(3)12-5-6-24-14(12)8-13(16)23-19/h5-6,8-10H,7H2,1-4H3/q+1. The van der Waals surface area contributed by atoms with Crippen molar-refractivity contribution in [3.8, 4) is 22.8 Å². The first-order valence-electron chi connectivity index (χ1n) is 8.53. The summed E-state index contributed by atoms with van der Waals surface area (Å²) in [6.45, 7) is 6.71. The van der Waals surface area contributed by atoms with Crippen LogP contribution in [0.15, 0.2) is 23.8 Å². The van der Waals surface area contributed by atoms with Crippen LogP contribution in [0.1, 0.15) is 24.3 Å². The molecule has 0 saturated carbocycles. The molecule has 126 valence electrons. The third kappa shape index (κ3) is 2.09. The van der Waals surface area contributed by atoms with Crippen molar-refractivity contribution >= 4 is 43.0 Å². The summed E-state index contributed by atoms with van der Waals surface area (Å²) >= 11 is 3.55. The molecule has 0 spiro atoms. The van der Waals surface area contributed by atoms with E-state index in [1.165, 1.54) is 37.2 Å². The van der Waals surface area contributed by atoms with Gasteiger partial charge in [0.2, 0.25) is 4.83 Å². The predicted molar refractivity (Wildman–Crippen MR) is 105 cm³/mol. The lowest BCUT2D eigenvalue weighted by Crippen LogP contribution is -2.32. The van der Waals surface area contributed by atoms with Crippen molar-refractivity contribution in [1.29, 1.82) is 0 Å². The Hall–Kier alpha value is -1.98. The fourth-order valence-corrected chi connectivity index (χ4v) is 5.93. The number of hydrogen-bond acceptors (Lipinski definition) is 4. The van der Waals surface area contributed by atoms with Gasteiger partial charge in [-0.1, -0.05) is 25.2 Å². The lowest BCUT2D eigenvalue weighted by Gasteiger charge is -2.20. The summed E-state index contributed by atoms with van der Waals surface area (Å²) in [7, 11) is 2.08. The summed E-state index contributed by atoms with van der Waals surface area (Å²) in [4.78, 5) is 7.05. The van der Waals surface area contributed by atoms with Crippen LogP contribution in [-0.2, 0) is 13.5 Å². The Bertz CT molecular complexity index is 1150. The van der Waals surface area contributed by atoms with Crippen LogP contribution in [-0.4, -0.2) is 4.98 Å². The second kappa shape index (κ2) is 5.26. The Morgan fingerprint density at radius 3 is 2.96 bits per heavy atom. The zero-order valence-corrected chi connectivity index (χ0v) is 16.3. The number of rotatable bonds is 2. The van der Waals surface area contributed by atoms with E-state index >= 15 is 0 Å². The summed E-state index contributed by atoms with van der Waals surface area (Å²) in [6.07, 6.45) is 2.96. The Balaban J connectivity index is 1.91. The van der Waals surface area contributed by atoms with Gasteiger partial charge in [0.25, 0.3) is 6.33 Å². The molecule has 0 fully saturated rings. The van der Waals surface area contributed by atoms with E-state index in [0.29, 0.717) is 5.92 Å². The van der Waals surface area contributed by atoms with Crippen LogP contribution >= 0.6 is 22.7 Å². The maximum absolute atomic E-state index is 6.50. The zero-order chi connectivity index (χ0) is 17.3. The summed E-state index contributed by atoms with van der Waals surface area (Å²) in [5.41, 5.74) is 3.74. The lowest BCUT2D eigenvalue weighted by atomic mass is 9.96. The first-order valence-corrected chi connectivity index (χ1v) is 10.2. The van der Waals surface area contributed by atoms with Crippen LogP contribution in [0.5, 0.6) is 11.5 Å². The topological polar surface area (TPSA) is 26.0 Å². The van der Waals surface area contributed by atoms with Gasteiger partial charge in [-0.15, -0.1) is 11.3 Å². The van der Waals surface area contributed by atoms with Gasteiger partial charge in [0.15, 0.2) is 11.4 Å². The number of fused-ring (bicyclic) bond motifs is 3. The molecule has 0 atom stereocenters. The van der Waals surface area contributed by atoms with Gasteiger partial charge >= 0.3 is 0 Å². The zero-order valence-electron chi connectivity index (χ0n) is 14.7. The highest BCUT2D eigenvalue weighted by Gasteiger charge is 2.33. The normalized spacial score (nSPS) is 12.8. The molecule has 0 N–H and O–H groups in total. The number of ether oxygens (including phenoxy) is 1. The van der Waals surface area contributed by atoms with E-state index in [9.17, 15) is 0 Å². The Morgan fingerprint density at radius 2 is 2.16 bits per heavy atom. The highest BCUT2D eigenvalue weighted by atomic mass is 32.1. The van der Waals surface area contributed by atoms with Crippen LogP contribution in [0, 0.1) is 12.8 Å². The number of aromatic nitrogens is 2. The van der Waals surface area contributed by atoms with Crippen molar-refractivity contribution in [1.82, 2.24) is 4.98 Å². The largest absolute Gasteiger partial charge is 0.454 e. The van der Waals surface area contributed by atoms with Gasteiger partial charge in [0.1, 0.15) is 11.1 Å². The molecule has 0 aliphatic carbocycles. The van der Waals surface area contributed by atoms with Crippen LogP contribution < -0.4 is 9.30 Å². The van der Waals surface area contributed by atoms with Crippen molar-refractivity contribution in [2.75, 3.05) is 0 Å². The molecular formula is C20H19N2OS2+. The van der Waals surface area contributed by atoms with E-state index in [1.807, 2.05) is 6.33 Å². The number of thiophene rings is 2. The van der Waals surface area contributed by atoms with Crippen LogP contribution in [0.3, 0.4) is 0 Å². The van der Waals surface area contributed by atoms with E-state index in [-0.39, 0.29) is 0 Å². The minimum Gasteiger partial charge on any atom is -0.454 e. The smallest absolute Gasteiger partial charge is 0.288 e. The molecule has 1 aliphatic rings.